The first-order chi connectivity index (χ1) is 13.2. The second kappa shape index (κ2) is 9.74. The average molecular weight is 401 g/mol. The predicted molar refractivity (Wildman–Crippen MR) is 114 cm³/mol. The smallest absolute Gasteiger partial charge is 0.242 e. The Labute approximate surface area is 172 Å². The maximum atomic E-state index is 13.1. The van der Waals surface area contributed by atoms with Gasteiger partial charge in [-0.2, -0.15) is 0 Å². The molecule has 0 spiro atoms. The maximum Gasteiger partial charge on any atom is 0.242 e. The van der Waals surface area contributed by atoms with Gasteiger partial charge in [-0.1, -0.05) is 41.9 Å². The van der Waals surface area contributed by atoms with E-state index < -0.39 is 6.04 Å². The third kappa shape index (κ3) is 6.10. The van der Waals surface area contributed by atoms with Crippen LogP contribution < -0.4 is 5.32 Å². The lowest BCUT2D eigenvalue weighted by atomic mass is 10.0. The molecule has 0 aromatic heterocycles. The van der Waals surface area contributed by atoms with Crippen LogP contribution in [0.25, 0.3) is 0 Å². The van der Waals surface area contributed by atoms with Crippen LogP contribution >= 0.6 is 11.6 Å². The summed E-state index contributed by atoms with van der Waals surface area (Å²) in [6.07, 6.45) is 0.258. The monoisotopic (exact) mass is 400 g/mol. The molecule has 2 aromatic carbocycles. The quantitative estimate of drug-likeness (QED) is 0.746. The number of benzene rings is 2. The summed E-state index contributed by atoms with van der Waals surface area (Å²) < 4.78 is 0. The third-order valence-electron chi connectivity index (χ3n) is 4.79. The average Bonchev–Trinajstić information content (AvgIpc) is 2.63. The van der Waals surface area contributed by atoms with Gasteiger partial charge in [-0.05, 0) is 69.0 Å². The van der Waals surface area contributed by atoms with Gasteiger partial charge in [-0.3, -0.25) is 9.59 Å². The van der Waals surface area contributed by atoms with Crippen LogP contribution in [0.4, 0.5) is 0 Å². The van der Waals surface area contributed by atoms with Crippen LogP contribution in [0, 0.1) is 13.8 Å². The molecule has 2 amide bonds. The SMILES string of the molecule is Cc1ccc(CC(=O)N(Cc2ccc(Cl)cc2)[C@@H](C)C(=O)NC(C)C)cc1C. The lowest BCUT2D eigenvalue weighted by Crippen LogP contribution is -2.49. The van der Waals surface area contributed by atoms with Crippen molar-refractivity contribution >= 4 is 23.4 Å². The molecule has 0 radical (unpaired) electrons. The number of nitrogens with one attached hydrogen (secondary N) is 1. The fourth-order valence-corrected chi connectivity index (χ4v) is 3.09. The molecule has 0 aliphatic rings. The zero-order valence-electron chi connectivity index (χ0n) is 17.3. The van der Waals surface area contributed by atoms with Crippen molar-refractivity contribution in [2.45, 2.75) is 59.7 Å². The van der Waals surface area contributed by atoms with Crippen molar-refractivity contribution in [2.75, 3.05) is 0 Å². The van der Waals surface area contributed by atoms with Crippen molar-refractivity contribution in [2.24, 2.45) is 0 Å². The molecule has 0 saturated carbocycles. The van der Waals surface area contributed by atoms with E-state index in [0.29, 0.717) is 11.6 Å². The summed E-state index contributed by atoms with van der Waals surface area (Å²) in [5.41, 5.74) is 4.23. The second-order valence-corrected chi connectivity index (χ2v) is 8.02. The molecule has 0 fully saturated rings. The molecule has 5 heteroatoms. The van der Waals surface area contributed by atoms with Gasteiger partial charge >= 0.3 is 0 Å². The number of rotatable bonds is 7. The molecule has 2 aromatic rings. The number of nitrogens with zero attached hydrogens (tertiary/aromatic N) is 1. The molecule has 4 nitrogen and oxygen atoms in total. The van der Waals surface area contributed by atoms with Crippen molar-refractivity contribution in [1.82, 2.24) is 10.2 Å². The number of aryl methyl sites for hydroxylation is 2. The van der Waals surface area contributed by atoms with Gasteiger partial charge in [-0.15, -0.1) is 0 Å². The minimum Gasteiger partial charge on any atom is -0.352 e. The highest BCUT2D eigenvalue weighted by atomic mass is 35.5. The number of halogens is 1. The number of carbonyl (C=O) groups is 2. The zero-order valence-corrected chi connectivity index (χ0v) is 18.0. The fraction of sp³-hybridized carbons (Fsp3) is 0.391. The van der Waals surface area contributed by atoms with E-state index >= 15 is 0 Å². The summed E-state index contributed by atoms with van der Waals surface area (Å²) in [4.78, 5) is 27.3. The van der Waals surface area contributed by atoms with Crippen molar-refractivity contribution < 1.29 is 9.59 Å². The van der Waals surface area contributed by atoms with Gasteiger partial charge in [0.05, 0.1) is 6.42 Å². The number of hydrogen-bond donors (Lipinski definition) is 1. The molecular weight excluding hydrogens is 372 g/mol. The molecule has 1 atom stereocenters. The van der Waals surface area contributed by atoms with E-state index in [-0.39, 0.29) is 24.3 Å². The summed E-state index contributed by atoms with van der Waals surface area (Å²) in [6, 6.07) is 12.8. The van der Waals surface area contributed by atoms with Crippen LogP contribution in [-0.4, -0.2) is 28.8 Å². The highest BCUT2D eigenvalue weighted by molar-refractivity contribution is 6.30. The number of hydrogen-bond acceptors (Lipinski definition) is 2. The number of carbonyl (C=O) groups excluding carboxylic acids is 2. The summed E-state index contributed by atoms with van der Waals surface area (Å²) in [7, 11) is 0. The van der Waals surface area contributed by atoms with Crippen LogP contribution in [0.1, 0.15) is 43.0 Å². The minimum atomic E-state index is -0.572. The Bertz CT molecular complexity index is 831. The van der Waals surface area contributed by atoms with E-state index in [9.17, 15) is 9.59 Å². The Morgan fingerprint density at radius 3 is 2.14 bits per heavy atom. The van der Waals surface area contributed by atoms with E-state index in [1.165, 1.54) is 5.56 Å². The molecule has 0 aliphatic heterocycles. The van der Waals surface area contributed by atoms with Crippen LogP contribution in [0.15, 0.2) is 42.5 Å². The lowest BCUT2D eigenvalue weighted by molar-refractivity contribution is -0.140. The van der Waals surface area contributed by atoms with Crippen LogP contribution in [-0.2, 0) is 22.6 Å². The van der Waals surface area contributed by atoms with E-state index in [1.54, 1.807) is 24.0 Å². The van der Waals surface area contributed by atoms with Gasteiger partial charge in [0.25, 0.3) is 0 Å². The normalized spacial score (nSPS) is 12.0. The van der Waals surface area contributed by atoms with Crippen molar-refractivity contribution in [3.8, 4) is 0 Å². The first-order valence-corrected chi connectivity index (χ1v) is 9.95. The van der Waals surface area contributed by atoms with E-state index in [1.807, 2.05) is 58.0 Å². The zero-order chi connectivity index (χ0) is 20.8. The van der Waals surface area contributed by atoms with Gasteiger partial charge in [-0.25, -0.2) is 0 Å². The molecule has 0 heterocycles. The minimum absolute atomic E-state index is 0.0159. The maximum absolute atomic E-state index is 13.1. The Morgan fingerprint density at radius 1 is 0.964 bits per heavy atom. The van der Waals surface area contributed by atoms with E-state index in [0.717, 1.165) is 16.7 Å². The van der Waals surface area contributed by atoms with Crippen LogP contribution in [0.5, 0.6) is 0 Å². The first-order valence-electron chi connectivity index (χ1n) is 9.57. The first kappa shape index (κ1) is 22.0. The van der Waals surface area contributed by atoms with Crippen molar-refractivity contribution in [3.63, 3.8) is 0 Å². The van der Waals surface area contributed by atoms with Crippen molar-refractivity contribution in [1.29, 1.82) is 0 Å². The molecule has 2 rings (SSSR count). The highest BCUT2D eigenvalue weighted by Crippen LogP contribution is 2.16. The third-order valence-corrected chi connectivity index (χ3v) is 5.04. The van der Waals surface area contributed by atoms with Gasteiger partial charge in [0, 0.05) is 17.6 Å². The Hall–Kier alpha value is -2.33. The summed E-state index contributed by atoms with van der Waals surface area (Å²) in [6.45, 7) is 10.0. The van der Waals surface area contributed by atoms with Crippen LogP contribution in [0.3, 0.4) is 0 Å². The molecular formula is C23H29ClN2O2. The largest absolute Gasteiger partial charge is 0.352 e. The Kier molecular flexibility index (Phi) is 7.64. The van der Waals surface area contributed by atoms with Gasteiger partial charge in [0.2, 0.25) is 11.8 Å². The molecule has 0 unspecified atom stereocenters. The second-order valence-electron chi connectivity index (χ2n) is 7.58. The molecule has 0 saturated heterocycles. The standard InChI is InChI=1S/C23H29ClN2O2/c1-15(2)25-23(28)18(5)26(14-19-8-10-21(24)11-9-19)22(27)13-20-7-6-16(3)17(4)12-20/h6-12,15,18H,13-14H2,1-5H3,(H,25,28)/t18-/m0/s1. The molecule has 28 heavy (non-hydrogen) atoms. The van der Waals surface area contributed by atoms with Crippen LogP contribution in [0.2, 0.25) is 5.02 Å². The van der Waals surface area contributed by atoms with E-state index in [2.05, 4.69) is 5.32 Å². The predicted octanol–water partition coefficient (Wildman–Crippen LogP) is 4.44. The molecule has 150 valence electrons. The van der Waals surface area contributed by atoms with Crippen molar-refractivity contribution in [3.05, 3.63) is 69.7 Å². The summed E-state index contributed by atoms with van der Waals surface area (Å²) >= 11 is 5.97. The molecule has 0 bridgehead atoms. The van der Waals surface area contributed by atoms with Gasteiger partial charge in [0.15, 0.2) is 0 Å². The molecule has 0 aliphatic carbocycles. The Morgan fingerprint density at radius 2 is 1.57 bits per heavy atom. The van der Waals surface area contributed by atoms with Gasteiger partial charge in [0.1, 0.15) is 6.04 Å². The highest BCUT2D eigenvalue weighted by Gasteiger charge is 2.26. The number of amides is 2. The fourth-order valence-electron chi connectivity index (χ4n) is 2.96. The van der Waals surface area contributed by atoms with E-state index in [4.69, 9.17) is 11.6 Å². The Balaban J connectivity index is 2.24. The summed E-state index contributed by atoms with van der Waals surface area (Å²) in [5, 5.41) is 3.54. The summed E-state index contributed by atoms with van der Waals surface area (Å²) in [5.74, 6) is -0.234. The molecule has 1 N–H and O–H groups in total. The lowest BCUT2D eigenvalue weighted by Gasteiger charge is -2.29. The van der Waals surface area contributed by atoms with Gasteiger partial charge < -0.3 is 10.2 Å². The topological polar surface area (TPSA) is 49.4 Å².